The first-order valence-electron chi connectivity index (χ1n) is 30.2. The summed E-state index contributed by atoms with van der Waals surface area (Å²) in [6, 6.07) is 66.9. The number of aromatic nitrogens is 2. The molecule has 3 unspecified atom stereocenters. The number of rotatable bonds is 26. The number of nitrogens with two attached hydrogens (primary N) is 1. The van der Waals surface area contributed by atoms with Crippen molar-refractivity contribution in [3.05, 3.63) is 291 Å². The topological polar surface area (TPSA) is 142 Å². The molecule has 0 radical (unpaired) electrons. The number of carboxylic acid groups (broad SMARTS) is 2. The van der Waals surface area contributed by atoms with Crippen LogP contribution in [0, 0.1) is 0 Å². The molecule has 90 heavy (non-hydrogen) atoms. The van der Waals surface area contributed by atoms with Crippen molar-refractivity contribution in [1.29, 1.82) is 0 Å². The second-order valence-corrected chi connectivity index (χ2v) is 23.1. The summed E-state index contributed by atoms with van der Waals surface area (Å²) in [6.45, 7) is 0.815. The smallest absolute Gasteiger partial charge is 0.320 e. The van der Waals surface area contributed by atoms with E-state index in [1.807, 2.05) is 127 Å². The van der Waals surface area contributed by atoms with Gasteiger partial charge in [0.1, 0.15) is 12.1 Å². The van der Waals surface area contributed by atoms with Crippen molar-refractivity contribution < 1.29 is 25.6 Å². The zero-order chi connectivity index (χ0) is 64.7. The SMILES string of the molecule is BrCc1cccc(/C=C/c2ccc(/C=C/c3ccccc3)cc2)n1.CSCCC(C(=O)O)N(CC1=NC(/C=C/c2ccc(/C=C/c3ccccc3)cc2)CC=C1)Cc1cccc(/C=C/c2ccc(/C=C/c3ccccc3)cc2)n1.CSCCC(N)C(=O)O.[2H]CF. The number of hydrogen-bond donors (Lipinski definition) is 3. The van der Waals surface area contributed by atoms with Crippen LogP contribution in [-0.4, -0.2) is 98.6 Å². The molecule has 0 spiro atoms. The van der Waals surface area contributed by atoms with E-state index in [0.717, 1.165) is 79.6 Å². The van der Waals surface area contributed by atoms with Gasteiger partial charge in [0.25, 0.3) is 0 Å². The molecule has 8 aromatic rings. The summed E-state index contributed by atoms with van der Waals surface area (Å²) in [6.07, 6.45) is 35.2. The molecule has 9 rings (SSSR count). The molecule has 9 nitrogen and oxygen atoms in total. The summed E-state index contributed by atoms with van der Waals surface area (Å²) in [5.74, 6) is -0.179. The van der Waals surface area contributed by atoms with Gasteiger partial charge in [0.2, 0.25) is 0 Å². The number of aliphatic carboxylic acids is 2. The zero-order valence-corrected chi connectivity index (χ0v) is 54.1. The fourth-order valence-electron chi connectivity index (χ4n) is 8.97. The molecule has 462 valence electrons. The lowest BCUT2D eigenvalue weighted by Gasteiger charge is -2.29. The average molecular weight is 1300 g/mol. The molecule has 0 bridgehead atoms. The molecule has 0 aliphatic carbocycles. The van der Waals surface area contributed by atoms with Gasteiger partial charge >= 0.3 is 11.9 Å². The van der Waals surface area contributed by atoms with Gasteiger partial charge in [-0.3, -0.25) is 33.8 Å². The summed E-state index contributed by atoms with van der Waals surface area (Å²) in [7, 11) is -1.00. The lowest BCUT2D eigenvalue weighted by molar-refractivity contribution is -0.143. The van der Waals surface area contributed by atoms with Gasteiger partial charge in [-0.25, -0.2) is 0 Å². The molecule has 1 aliphatic rings. The molecular formula is C77H79BrFN5O4S2. The summed E-state index contributed by atoms with van der Waals surface area (Å²) in [5.41, 5.74) is 20.1. The minimum absolute atomic E-state index is 0.0190. The Balaban J connectivity index is 0.000000298. The van der Waals surface area contributed by atoms with Gasteiger partial charge in [-0.1, -0.05) is 259 Å². The highest BCUT2D eigenvalue weighted by Gasteiger charge is 2.27. The Kier molecular flexibility index (Phi) is 31.3. The number of alkyl halides is 2. The van der Waals surface area contributed by atoms with E-state index in [0.29, 0.717) is 25.9 Å². The van der Waals surface area contributed by atoms with Crippen LogP contribution in [-0.2, 0) is 21.5 Å². The quantitative estimate of drug-likeness (QED) is 0.0354. The van der Waals surface area contributed by atoms with Gasteiger partial charge in [0, 0.05) is 24.1 Å². The number of pyridine rings is 2. The number of thioether (sulfide) groups is 2. The molecule has 13 heteroatoms. The summed E-state index contributed by atoms with van der Waals surface area (Å²) in [4.78, 5) is 39.2. The van der Waals surface area contributed by atoms with E-state index in [2.05, 4.69) is 197 Å². The van der Waals surface area contributed by atoms with Gasteiger partial charge in [-0.2, -0.15) is 23.5 Å². The minimum Gasteiger partial charge on any atom is -0.480 e. The molecule has 0 saturated carbocycles. The van der Waals surface area contributed by atoms with Crippen molar-refractivity contribution >= 4 is 124 Å². The Bertz CT molecular complexity index is 3680. The fraction of sp³-hybridized carbons (Fsp3) is 0.182. The van der Waals surface area contributed by atoms with E-state index >= 15 is 0 Å². The molecule has 0 saturated heterocycles. The largest absolute Gasteiger partial charge is 0.480 e. The van der Waals surface area contributed by atoms with E-state index in [1.54, 1.807) is 23.5 Å². The Morgan fingerprint density at radius 2 is 0.922 bits per heavy atom. The zero-order valence-electron chi connectivity index (χ0n) is 51.9. The number of aliphatic imine (C=N–C) groups is 1. The summed E-state index contributed by atoms with van der Waals surface area (Å²) in [5, 5.41) is 19.4. The van der Waals surface area contributed by atoms with E-state index < -0.39 is 31.2 Å². The van der Waals surface area contributed by atoms with Gasteiger partial charge < -0.3 is 15.9 Å². The average Bonchev–Trinajstić information content (AvgIpc) is 3.63. The van der Waals surface area contributed by atoms with E-state index in [9.17, 15) is 19.1 Å². The first kappa shape index (κ1) is 68.9. The number of halogens is 2. The van der Waals surface area contributed by atoms with Crippen molar-refractivity contribution in [2.45, 2.75) is 49.3 Å². The number of nitrogens with zero attached hydrogens (tertiary/aromatic N) is 4. The van der Waals surface area contributed by atoms with Crippen molar-refractivity contribution in [3.63, 3.8) is 0 Å². The molecule has 1 aliphatic heterocycles. The molecule has 0 fully saturated rings. The third-order valence-electron chi connectivity index (χ3n) is 13.8. The van der Waals surface area contributed by atoms with Crippen molar-refractivity contribution in [2.75, 3.05) is 37.7 Å². The van der Waals surface area contributed by atoms with E-state index in [4.69, 9.17) is 22.2 Å². The van der Waals surface area contributed by atoms with Crippen LogP contribution in [0.2, 0.25) is 0 Å². The Labute approximate surface area is 549 Å². The normalized spacial score (nSPS) is 13.8. The molecule has 4 N–H and O–H groups in total. The van der Waals surface area contributed by atoms with Crippen LogP contribution in [0.3, 0.4) is 0 Å². The molecule has 2 aromatic heterocycles. The Hall–Kier alpha value is -8.56. The second-order valence-electron chi connectivity index (χ2n) is 20.6. The Morgan fingerprint density at radius 1 is 0.544 bits per heavy atom. The van der Waals surface area contributed by atoms with Gasteiger partial charge in [-0.05, 0) is 136 Å². The minimum atomic E-state index is -1.00. The monoisotopic (exact) mass is 1300 g/mol. The van der Waals surface area contributed by atoms with Crippen LogP contribution in [0.4, 0.5) is 4.39 Å². The molecular weight excluding hydrogens is 1220 g/mol. The van der Waals surface area contributed by atoms with Gasteiger partial charge in [0.05, 0.1) is 37.3 Å². The number of dihydropyridines is 1. The predicted molar refractivity (Wildman–Crippen MR) is 389 cm³/mol. The number of carbonyl (C=O) groups is 2. The lowest BCUT2D eigenvalue weighted by Crippen LogP contribution is -2.44. The first-order chi connectivity index (χ1) is 44.4. The van der Waals surface area contributed by atoms with Crippen molar-refractivity contribution in [1.82, 2.24) is 14.9 Å². The third-order valence-corrected chi connectivity index (χ3v) is 15.7. The maximum atomic E-state index is 12.6. The van der Waals surface area contributed by atoms with Crippen LogP contribution in [0.25, 0.3) is 66.8 Å². The van der Waals surface area contributed by atoms with Crippen molar-refractivity contribution in [2.24, 2.45) is 10.7 Å². The summed E-state index contributed by atoms with van der Waals surface area (Å²) < 4.78 is 15.5. The fourth-order valence-corrected chi connectivity index (χ4v) is 10.2. The number of hydrogen-bond acceptors (Lipinski definition) is 9. The van der Waals surface area contributed by atoms with Crippen LogP contribution in [0.15, 0.2) is 223 Å². The highest BCUT2D eigenvalue weighted by atomic mass is 79.9. The van der Waals surface area contributed by atoms with Gasteiger partial charge in [0.15, 0.2) is 0 Å². The van der Waals surface area contributed by atoms with Crippen molar-refractivity contribution in [3.8, 4) is 0 Å². The predicted octanol–water partition coefficient (Wildman–Crippen LogP) is 18.1. The molecule has 6 aromatic carbocycles. The second kappa shape index (κ2) is 40.9. The highest BCUT2D eigenvalue weighted by molar-refractivity contribution is 9.08. The number of benzene rings is 6. The van der Waals surface area contributed by atoms with E-state index in [-0.39, 0.29) is 6.04 Å². The molecule has 3 heterocycles. The Morgan fingerprint density at radius 3 is 1.32 bits per heavy atom. The molecule has 3 atom stereocenters. The first-order valence-corrected chi connectivity index (χ1v) is 33.4. The lowest BCUT2D eigenvalue weighted by atomic mass is 10.1. The van der Waals surface area contributed by atoms with Gasteiger partial charge in [-0.15, -0.1) is 0 Å². The van der Waals surface area contributed by atoms with Crippen LogP contribution in [0.1, 0.15) is 93.5 Å². The highest BCUT2D eigenvalue weighted by Crippen LogP contribution is 2.20. The third kappa shape index (κ3) is 26.6. The maximum Gasteiger partial charge on any atom is 0.320 e. The maximum absolute atomic E-state index is 12.6. The van der Waals surface area contributed by atoms with E-state index in [1.165, 1.54) is 22.3 Å². The van der Waals surface area contributed by atoms with Crippen LogP contribution in [0.5, 0.6) is 0 Å². The van der Waals surface area contributed by atoms with Crippen LogP contribution < -0.4 is 5.73 Å². The molecule has 0 amide bonds. The standard InChI is InChI=1S/C49H47N3O2S.C22H18BrN.C5H11NO2S.CH3F/c1-55-35-34-48(49(53)54)52(36-46-16-8-14-44(50-46)32-30-42-26-22-40(23-27-42)20-18-38-10-4-2-5-11-38)37-47-17-9-15-45(51-47)33-31-43-28-24-41(25-29-43)21-19-39-12-6-3-7-13-39;23-17-22-8-4-7-21(24-22)16-15-20-13-11-19(12-14-20)10-9-18-5-2-1-3-6-18;1-9-3-2-4(6)5(7)8;1-2/h2-14,16-33,45,48H,15,34-37H2,1H3,(H,53,54);1-16H,17H2;4H,2-3,6H2,1H3,(H,7,8);1H3/b20-18+,21-19+,32-30+,33-31+;10-9+,16-15+;;/i;;;1D. The van der Waals surface area contributed by atoms with Crippen LogP contribution >= 0.6 is 39.5 Å². The summed E-state index contributed by atoms with van der Waals surface area (Å²) >= 11 is 6.70. The number of carboxylic acids is 2.